The van der Waals surface area contributed by atoms with Crippen molar-refractivity contribution in [3.05, 3.63) is 18.0 Å². The molecule has 1 aromatic rings. The fourth-order valence-electron chi connectivity index (χ4n) is 1.34. The Morgan fingerprint density at radius 1 is 1.44 bits per heavy atom. The Hall–Kier alpha value is -0.850. The third kappa shape index (κ3) is 3.07. The molecular formula is C10H18N2O3S. The van der Waals surface area contributed by atoms with E-state index in [2.05, 4.69) is 4.72 Å². The first-order chi connectivity index (χ1) is 7.15. The third-order valence-corrected chi connectivity index (χ3v) is 3.72. The van der Waals surface area contributed by atoms with Gasteiger partial charge in [0.15, 0.2) is 0 Å². The van der Waals surface area contributed by atoms with E-state index in [9.17, 15) is 8.42 Å². The van der Waals surface area contributed by atoms with Crippen LogP contribution in [-0.2, 0) is 23.7 Å². The average Bonchev–Trinajstić information content (AvgIpc) is 2.43. The van der Waals surface area contributed by atoms with Crippen molar-refractivity contribution in [3.63, 3.8) is 0 Å². The Bertz CT molecular complexity index is 469. The number of aliphatic hydroxyl groups excluding tert-OH is 1. The molecule has 0 aliphatic rings. The molecule has 0 aliphatic heterocycles. The molecule has 2 N–H and O–H groups in total. The van der Waals surface area contributed by atoms with Gasteiger partial charge in [-0.15, -0.1) is 0 Å². The third-order valence-electron chi connectivity index (χ3n) is 2.00. The molecular weight excluding hydrogens is 228 g/mol. The van der Waals surface area contributed by atoms with Crippen molar-refractivity contribution < 1.29 is 13.5 Å². The molecule has 0 atom stereocenters. The molecule has 0 fully saturated rings. The van der Waals surface area contributed by atoms with Crippen LogP contribution in [0.4, 0.5) is 0 Å². The Labute approximate surface area is 96.1 Å². The Balaban J connectivity index is 3.08. The minimum absolute atomic E-state index is 0.175. The standard InChI is InChI=1S/C10H18N2O3S/c1-10(2,3)11-16(14,15)9-5-8(7-13)12(4)6-9/h5-6,11,13H,7H2,1-4H3. The van der Waals surface area contributed by atoms with Crippen LogP contribution in [0.15, 0.2) is 17.2 Å². The molecule has 0 aromatic carbocycles. The van der Waals surface area contributed by atoms with Crippen molar-refractivity contribution in [2.24, 2.45) is 7.05 Å². The minimum Gasteiger partial charge on any atom is -0.390 e. The largest absolute Gasteiger partial charge is 0.390 e. The van der Waals surface area contributed by atoms with Gasteiger partial charge in [0.1, 0.15) is 0 Å². The molecule has 6 heteroatoms. The highest BCUT2D eigenvalue weighted by molar-refractivity contribution is 7.89. The van der Waals surface area contributed by atoms with E-state index in [0.29, 0.717) is 5.69 Å². The first-order valence-electron chi connectivity index (χ1n) is 4.96. The van der Waals surface area contributed by atoms with E-state index in [0.717, 1.165) is 0 Å². The highest BCUT2D eigenvalue weighted by atomic mass is 32.2. The van der Waals surface area contributed by atoms with Gasteiger partial charge >= 0.3 is 0 Å². The van der Waals surface area contributed by atoms with Crippen molar-refractivity contribution in [3.8, 4) is 0 Å². The van der Waals surface area contributed by atoms with Gasteiger partial charge < -0.3 is 9.67 Å². The van der Waals surface area contributed by atoms with E-state index in [1.54, 1.807) is 32.4 Å². The molecule has 0 unspecified atom stereocenters. The summed E-state index contributed by atoms with van der Waals surface area (Å²) in [6, 6.07) is 1.47. The number of aromatic nitrogens is 1. The topological polar surface area (TPSA) is 71.3 Å². The van der Waals surface area contributed by atoms with E-state index in [1.165, 1.54) is 12.3 Å². The number of aliphatic hydroxyl groups is 1. The van der Waals surface area contributed by atoms with Gasteiger partial charge in [0.25, 0.3) is 0 Å². The van der Waals surface area contributed by atoms with Gasteiger partial charge in [0.05, 0.1) is 11.5 Å². The van der Waals surface area contributed by atoms with Crippen LogP contribution in [0.1, 0.15) is 26.5 Å². The second kappa shape index (κ2) is 4.20. The molecule has 0 amide bonds. The molecule has 16 heavy (non-hydrogen) atoms. The molecule has 0 bridgehead atoms. The normalized spacial score (nSPS) is 13.1. The summed E-state index contributed by atoms with van der Waals surface area (Å²) in [5.41, 5.74) is 0.0444. The van der Waals surface area contributed by atoms with Crippen molar-refractivity contribution >= 4 is 10.0 Å². The monoisotopic (exact) mass is 246 g/mol. The van der Waals surface area contributed by atoms with Crippen molar-refractivity contribution in [2.45, 2.75) is 37.8 Å². The zero-order valence-corrected chi connectivity index (χ0v) is 10.8. The summed E-state index contributed by atoms with van der Waals surface area (Å²) in [5.74, 6) is 0. The van der Waals surface area contributed by atoms with Crippen LogP contribution in [0.5, 0.6) is 0 Å². The van der Waals surface area contributed by atoms with Crippen molar-refractivity contribution in [2.75, 3.05) is 0 Å². The minimum atomic E-state index is -3.51. The second-order valence-electron chi connectivity index (χ2n) is 4.79. The van der Waals surface area contributed by atoms with E-state index < -0.39 is 15.6 Å². The van der Waals surface area contributed by atoms with Crippen LogP contribution in [0.3, 0.4) is 0 Å². The molecule has 0 radical (unpaired) electrons. The molecule has 5 nitrogen and oxygen atoms in total. The van der Waals surface area contributed by atoms with Crippen LogP contribution in [-0.4, -0.2) is 23.6 Å². The second-order valence-corrected chi connectivity index (χ2v) is 6.47. The summed E-state index contributed by atoms with van der Waals surface area (Å²) < 4.78 is 28.0. The first-order valence-corrected chi connectivity index (χ1v) is 6.44. The number of nitrogens with one attached hydrogen (secondary N) is 1. The maximum atomic E-state index is 11.9. The van der Waals surface area contributed by atoms with Gasteiger partial charge in [0, 0.05) is 24.5 Å². The van der Waals surface area contributed by atoms with E-state index >= 15 is 0 Å². The molecule has 0 saturated heterocycles. The van der Waals surface area contributed by atoms with E-state index in [4.69, 9.17) is 5.11 Å². The number of hydrogen-bond donors (Lipinski definition) is 2. The molecule has 1 heterocycles. The number of nitrogens with zero attached hydrogens (tertiary/aromatic N) is 1. The van der Waals surface area contributed by atoms with Gasteiger partial charge in [-0.1, -0.05) is 0 Å². The number of sulfonamides is 1. The summed E-state index contributed by atoms with van der Waals surface area (Å²) in [6.45, 7) is 5.16. The van der Waals surface area contributed by atoms with Crippen molar-refractivity contribution in [1.82, 2.24) is 9.29 Å². The van der Waals surface area contributed by atoms with Gasteiger partial charge in [-0.2, -0.15) is 0 Å². The van der Waals surface area contributed by atoms with Gasteiger partial charge in [0.2, 0.25) is 10.0 Å². The van der Waals surface area contributed by atoms with Crippen molar-refractivity contribution in [1.29, 1.82) is 0 Å². The maximum Gasteiger partial charge on any atom is 0.242 e. The van der Waals surface area contributed by atoms with E-state index in [-0.39, 0.29) is 11.5 Å². The lowest BCUT2D eigenvalue weighted by molar-refractivity contribution is 0.272. The highest BCUT2D eigenvalue weighted by Crippen LogP contribution is 2.15. The van der Waals surface area contributed by atoms with Crippen LogP contribution >= 0.6 is 0 Å². The summed E-state index contributed by atoms with van der Waals surface area (Å²) in [5, 5.41) is 8.99. The molecule has 0 spiro atoms. The lowest BCUT2D eigenvalue weighted by Gasteiger charge is -2.19. The smallest absolute Gasteiger partial charge is 0.242 e. The number of hydrogen-bond acceptors (Lipinski definition) is 3. The summed E-state index contributed by atoms with van der Waals surface area (Å²) >= 11 is 0. The predicted molar refractivity (Wildman–Crippen MR) is 61.4 cm³/mol. The van der Waals surface area contributed by atoms with Crippen LogP contribution in [0, 0.1) is 0 Å². The van der Waals surface area contributed by atoms with E-state index in [1.807, 2.05) is 0 Å². The fraction of sp³-hybridized carbons (Fsp3) is 0.600. The van der Waals surface area contributed by atoms with Crippen LogP contribution in [0.25, 0.3) is 0 Å². The Kier molecular flexibility index (Phi) is 3.47. The zero-order chi connectivity index (χ0) is 12.6. The molecule has 92 valence electrons. The Morgan fingerprint density at radius 2 is 2.00 bits per heavy atom. The number of aryl methyl sites for hydroxylation is 1. The summed E-state index contributed by atoms with van der Waals surface area (Å²) in [7, 11) is -1.82. The molecule has 1 rings (SSSR count). The Morgan fingerprint density at radius 3 is 2.38 bits per heavy atom. The quantitative estimate of drug-likeness (QED) is 0.820. The molecule has 0 aliphatic carbocycles. The van der Waals surface area contributed by atoms with Gasteiger partial charge in [-0.25, -0.2) is 13.1 Å². The first kappa shape index (κ1) is 13.2. The lowest BCUT2D eigenvalue weighted by atomic mass is 10.1. The highest BCUT2D eigenvalue weighted by Gasteiger charge is 2.23. The average molecular weight is 246 g/mol. The molecule has 1 aromatic heterocycles. The van der Waals surface area contributed by atoms with Gasteiger partial charge in [-0.05, 0) is 26.8 Å². The zero-order valence-electron chi connectivity index (χ0n) is 9.98. The lowest BCUT2D eigenvalue weighted by Crippen LogP contribution is -2.40. The maximum absolute atomic E-state index is 11.9. The van der Waals surface area contributed by atoms with Gasteiger partial charge in [-0.3, -0.25) is 0 Å². The SMILES string of the molecule is Cn1cc(S(=O)(=O)NC(C)(C)C)cc1CO. The van der Waals surface area contributed by atoms with Crippen LogP contribution in [0.2, 0.25) is 0 Å². The van der Waals surface area contributed by atoms with Crippen LogP contribution < -0.4 is 4.72 Å². The summed E-state index contributed by atoms with van der Waals surface area (Å²) in [6.07, 6.45) is 1.49. The molecule has 0 saturated carbocycles. The predicted octanol–water partition coefficient (Wildman–Crippen LogP) is 0.594. The number of rotatable bonds is 3. The fourth-order valence-corrected chi connectivity index (χ4v) is 2.86. The summed E-state index contributed by atoms with van der Waals surface area (Å²) in [4.78, 5) is 0.175.